The number of hydrogen-bond acceptors (Lipinski definition) is 3. The second-order valence-corrected chi connectivity index (χ2v) is 4.34. The summed E-state index contributed by atoms with van der Waals surface area (Å²) in [5.74, 6) is -0.966. The van der Waals surface area contributed by atoms with E-state index >= 15 is 0 Å². The van der Waals surface area contributed by atoms with Crippen molar-refractivity contribution in [1.82, 2.24) is 5.32 Å². The standard InChI is InChI=1S/C13H17ClN2O3/c1-3-4-7-15-12(17)13(18)16-10-8-9(14)5-6-11(10)19-2/h5-6,8H,3-4,7H2,1-2H3,(H,15,17)(H,16,18). The molecular formula is C13H17ClN2O3. The maximum atomic E-state index is 11.7. The minimum Gasteiger partial charge on any atom is -0.495 e. The SMILES string of the molecule is CCCCNC(=O)C(=O)Nc1cc(Cl)ccc1OC. The number of ether oxygens (including phenoxy) is 1. The van der Waals surface area contributed by atoms with Crippen LogP contribution in [0.4, 0.5) is 5.69 Å². The van der Waals surface area contributed by atoms with Gasteiger partial charge in [-0.2, -0.15) is 0 Å². The maximum Gasteiger partial charge on any atom is 0.313 e. The van der Waals surface area contributed by atoms with E-state index < -0.39 is 11.8 Å². The Kier molecular flexibility index (Phi) is 6.15. The summed E-state index contributed by atoms with van der Waals surface area (Å²) >= 11 is 5.83. The van der Waals surface area contributed by atoms with Crippen LogP contribution in [0.25, 0.3) is 0 Å². The molecule has 0 saturated carbocycles. The monoisotopic (exact) mass is 284 g/mol. The molecule has 0 aliphatic heterocycles. The first-order chi connectivity index (χ1) is 9.08. The molecule has 0 saturated heterocycles. The van der Waals surface area contributed by atoms with Crippen LogP contribution in [0.2, 0.25) is 5.02 Å². The van der Waals surface area contributed by atoms with Gasteiger partial charge >= 0.3 is 11.8 Å². The number of halogens is 1. The van der Waals surface area contributed by atoms with Crippen molar-refractivity contribution in [1.29, 1.82) is 0 Å². The van der Waals surface area contributed by atoms with Crippen LogP contribution in [-0.4, -0.2) is 25.5 Å². The van der Waals surface area contributed by atoms with Crippen LogP contribution < -0.4 is 15.4 Å². The number of unbranched alkanes of at least 4 members (excludes halogenated alkanes) is 1. The summed E-state index contributed by atoms with van der Waals surface area (Å²) in [7, 11) is 1.47. The molecule has 19 heavy (non-hydrogen) atoms. The minimum atomic E-state index is -0.739. The molecule has 104 valence electrons. The van der Waals surface area contributed by atoms with E-state index in [0.717, 1.165) is 12.8 Å². The van der Waals surface area contributed by atoms with Crippen LogP contribution in [0.3, 0.4) is 0 Å². The lowest BCUT2D eigenvalue weighted by Crippen LogP contribution is -2.35. The van der Waals surface area contributed by atoms with E-state index in [9.17, 15) is 9.59 Å². The zero-order valence-electron chi connectivity index (χ0n) is 11.0. The molecule has 2 amide bonds. The zero-order chi connectivity index (χ0) is 14.3. The van der Waals surface area contributed by atoms with Crippen LogP contribution in [-0.2, 0) is 9.59 Å². The quantitative estimate of drug-likeness (QED) is 0.643. The summed E-state index contributed by atoms with van der Waals surface area (Å²) in [6.45, 7) is 2.48. The van der Waals surface area contributed by atoms with E-state index in [2.05, 4.69) is 10.6 Å². The molecule has 2 N–H and O–H groups in total. The van der Waals surface area contributed by atoms with Gasteiger partial charge in [0.1, 0.15) is 5.75 Å². The maximum absolute atomic E-state index is 11.7. The number of methoxy groups -OCH3 is 1. The number of anilines is 1. The minimum absolute atomic E-state index is 0.366. The first-order valence-electron chi connectivity index (χ1n) is 6.01. The summed E-state index contributed by atoms with van der Waals surface area (Å²) in [4.78, 5) is 23.2. The normalized spacial score (nSPS) is 9.84. The lowest BCUT2D eigenvalue weighted by atomic mass is 10.3. The molecule has 0 unspecified atom stereocenters. The largest absolute Gasteiger partial charge is 0.495 e. The lowest BCUT2D eigenvalue weighted by molar-refractivity contribution is -0.136. The van der Waals surface area contributed by atoms with Gasteiger partial charge in [-0.1, -0.05) is 24.9 Å². The highest BCUT2D eigenvalue weighted by molar-refractivity contribution is 6.40. The molecule has 0 fully saturated rings. The van der Waals surface area contributed by atoms with Crippen LogP contribution in [0.15, 0.2) is 18.2 Å². The molecule has 0 aromatic heterocycles. The van der Waals surface area contributed by atoms with Gasteiger partial charge in [0.25, 0.3) is 0 Å². The third kappa shape index (κ3) is 4.79. The number of carbonyl (C=O) groups is 2. The van der Waals surface area contributed by atoms with Crippen molar-refractivity contribution in [2.75, 3.05) is 19.0 Å². The molecule has 1 aromatic rings. The molecule has 6 heteroatoms. The van der Waals surface area contributed by atoms with E-state index in [1.165, 1.54) is 13.2 Å². The van der Waals surface area contributed by atoms with Gasteiger partial charge in [0.2, 0.25) is 0 Å². The smallest absolute Gasteiger partial charge is 0.313 e. The lowest BCUT2D eigenvalue weighted by Gasteiger charge is -2.10. The van der Waals surface area contributed by atoms with Crippen molar-refractivity contribution >= 4 is 29.1 Å². The van der Waals surface area contributed by atoms with Gasteiger partial charge in [0.05, 0.1) is 12.8 Å². The molecule has 0 spiro atoms. The van der Waals surface area contributed by atoms with E-state index in [-0.39, 0.29) is 0 Å². The fourth-order valence-corrected chi connectivity index (χ4v) is 1.59. The highest BCUT2D eigenvalue weighted by Crippen LogP contribution is 2.27. The van der Waals surface area contributed by atoms with Gasteiger partial charge in [-0.05, 0) is 24.6 Å². The van der Waals surface area contributed by atoms with Gasteiger partial charge in [-0.25, -0.2) is 0 Å². The van der Waals surface area contributed by atoms with Crippen molar-refractivity contribution in [3.63, 3.8) is 0 Å². The fraction of sp³-hybridized carbons (Fsp3) is 0.385. The average Bonchev–Trinajstić information content (AvgIpc) is 2.39. The van der Waals surface area contributed by atoms with Crippen molar-refractivity contribution in [2.24, 2.45) is 0 Å². The average molecular weight is 285 g/mol. The third-order valence-electron chi connectivity index (χ3n) is 2.43. The van der Waals surface area contributed by atoms with Gasteiger partial charge in [0.15, 0.2) is 0 Å². The summed E-state index contributed by atoms with van der Waals surface area (Å²) < 4.78 is 5.07. The number of hydrogen-bond donors (Lipinski definition) is 2. The number of carbonyl (C=O) groups excluding carboxylic acids is 2. The third-order valence-corrected chi connectivity index (χ3v) is 2.67. The Morgan fingerprint density at radius 3 is 2.68 bits per heavy atom. The Morgan fingerprint density at radius 1 is 1.32 bits per heavy atom. The summed E-state index contributed by atoms with van der Waals surface area (Å²) in [6, 6.07) is 4.78. The first kappa shape index (κ1) is 15.3. The molecule has 5 nitrogen and oxygen atoms in total. The highest BCUT2D eigenvalue weighted by atomic mass is 35.5. The first-order valence-corrected chi connectivity index (χ1v) is 6.39. The molecule has 0 aliphatic rings. The fourth-order valence-electron chi connectivity index (χ4n) is 1.42. The van der Waals surface area contributed by atoms with Gasteiger partial charge in [-0.15, -0.1) is 0 Å². The van der Waals surface area contributed by atoms with Crippen LogP contribution in [0.5, 0.6) is 5.75 Å². The van der Waals surface area contributed by atoms with Gasteiger partial charge < -0.3 is 15.4 Å². The van der Waals surface area contributed by atoms with E-state index in [0.29, 0.717) is 23.0 Å². The van der Waals surface area contributed by atoms with Crippen molar-refractivity contribution in [2.45, 2.75) is 19.8 Å². The van der Waals surface area contributed by atoms with Crippen LogP contribution in [0.1, 0.15) is 19.8 Å². The predicted molar refractivity (Wildman–Crippen MR) is 74.6 cm³/mol. The Balaban J connectivity index is 2.65. The van der Waals surface area contributed by atoms with Crippen molar-refractivity contribution < 1.29 is 14.3 Å². The zero-order valence-corrected chi connectivity index (χ0v) is 11.7. The molecule has 0 bridgehead atoms. The Bertz CT molecular complexity index is 463. The van der Waals surface area contributed by atoms with E-state index in [1.807, 2.05) is 6.92 Å². The van der Waals surface area contributed by atoms with Gasteiger partial charge in [-0.3, -0.25) is 9.59 Å². The van der Waals surface area contributed by atoms with Crippen molar-refractivity contribution in [3.8, 4) is 5.75 Å². The van der Waals surface area contributed by atoms with Crippen molar-refractivity contribution in [3.05, 3.63) is 23.2 Å². The summed E-state index contributed by atoms with van der Waals surface area (Å²) in [5, 5.41) is 5.45. The van der Waals surface area contributed by atoms with Crippen LogP contribution >= 0.6 is 11.6 Å². The Labute approximate surface area is 117 Å². The molecule has 1 rings (SSSR count). The Hall–Kier alpha value is -1.75. The summed E-state index contributed by atoms with van der Waals surface area (Å²) in [5.41, 5.74) is 0.366. The topological polar surface area (TPSA) is 67.4 Å². The summed E-state index contributed by atoms with van der Waals surface area (Å²) in [6.07, 6.45) is 1.78. The molecular weight excluding hydrogens is 268 g/mol. The van der Waals surface area contributed by atoms with Gasteiger partial charge in [0, 0.05) is 11.6 Å². The number of nitrogens with one attached hydrogen (secondary N) is 2. The molecule has 0 radical (unpaired) electrons. The molecule has 0 atom stereocenters. The second-order valence-electron chi connectivity index (χ2n) is 3.91. The highest BCUT2D eigenvalue weighted by Gasteiger charge is 2.15. The second kappa shape index (κ2) is 7.63. The predicted octanol–water partition coefficient (Wildman–Crippen LogP) is 2.20. The molecule has 1 aromatic carbocycles. The Morgan fingerprint density at radius 2 is 2.05 bits per heavy atom. The van der Waals surface area contributed by atoms with Crippen LogP contribution in [0, 0.1) is 0 Å². The molecule has 0 heterocycles. The molecule has 0 aliphatic carbocycles. The number of amides is 2. The van der Waals surface area contributed by atoms with E-state index in [1.54, 1.807) is 12.1 Å². The number of rotatable bonds is 5. The number of benzene rings is 1. The van der Waals surface area contributed by atoms with E-state index in [4.69, 9.17) is 16.3 Å².